The molecule has 2 aromatic carbocycles. The van der Waals surface area contributed by atoms with Gasteiger partial charge < -0.3 is 20.1 Å². The summed E-state index contributed by atoms with van der Waals surface area (Å²) in [6.07, 6.45) is 6.32. The fourth-order valence-electron chi connectivity index (χ4n) is 3.93. The standard InChI is InChI=1S/C23H20N6OS/c30-23(12-24-13-23)10-15-1-4-17(5-2-15)27-21-22-25-7-8-29(22)11-19(28-21)16-3-6-20-18(9-16)26-14-31-20/h1-9,11,14,24,30H,10,12-13H2,(H,27,28). The summed E-state index contributed by atoms with van der Waals surface area (Å²) in [6, 6.07) is 14.3. The lowest BCUT2D eigenvalue weighted by molar-refractivity contribution is -0.00901. The van der Waals surface area contributed by atoms with E-state index in [0.29, 0.717) is 25.3 Å². The van der Waals surface area contributed by atoms with Crippen molar-refractivity contribution in [1.29, 1.82) is 0 Å². The Labute approximate surface area is 182 Å². The molecular weight excluding hydrogens is 408 g/mol. The number of rotatable bonds is 5. The first-order chi connectivity index (χ1) is 15.2. The smallest absolute Gasteiger partial charge is 0.180 e. The van der Waals surface area contributed by atoms with Gasteiger partial charge in [-0.25, -0.2) is 15.0 Å². The van der Waals surface area contributed by atoms with Crippen molar-refractivity contribution in [2.75, 3.05) is 18.4 Å². The van der Waals surface area contributed by atoms with Crippen LogP contribution in [0.3, 0.4) is 0 Å². The van der Waals surface area contributed by atoms with E-state index in [2.05, 4.69) is 38.8 Å². The van der Waals surface area contributed by atoms with Gasteiger partial charge in [-0.3, -0.25) is 0 Å². The number of hydrogen-bond donors (Lipinski definition) is 3. The van der Waals surface area contributed by atoms with E-state index in [-0.39, 0.29) is 0 Å². The van der Waals surface area contributed by atoms with Crippen LogP contribution in [-0.2, 0) is 6.42 Å². The third kappa shape index (κ3) is 3.44. The summed E-state index contributed by atoms with van der Waals surface area (Å²) < 4.78 is 3.14. The molecule has 3 N–H and O–H groups in total. The normalized spacial score (nSPS) is 15.3. The highest BCUT2D eigenvalue weighted by Crippen LogP contribution is 2.28. The first kappa shape index (κ1) is 18.4. The van der Waals surface area contributed by atoms with Gasteiger partial charge in [-0.1, -0.05) is 18.2 Å². The molecule has 0 aliphatic carbocycles. The molecule has 31 heavy (non-hydrogen) atoms. The van der Waals surface area contributed by atoms with E-state index in [9.17, 15) is 5.11 Å². The Bertz CT molecular complexity index is 1390. The second-order valence-corrected chi connectivity index (χ2v) is 8.88. The molecule has 8 heteroatoms. The number of nitrogens with zero attached hydrogens (tertiary/aromatic N) is 4. The fourth-order valence-corrected chi connectivity index (χ4v) is 4.59. The van der Waals surface area contributed by atoms with E-state index in [0.717, 1.165) is 38.4 Å². The Hall–Kier alpha value is -3.33. The monoisotopic (exact) mass is 428 g/mol. The van der Waals surface area contributed by atoms with Crippen molar-refractivity contribution in [2.24, 2.45) is 0 Å². The topological polar surface area (TPSA) is 87.4 Å². The van der Waals surface area contributed by atoms with Crippen LogP contribution in [0.4, 0.5) is 11.5 Å². The predicted octanol–water partition coefficient (Wildman–Crippen LogP) is 3.63. The average molecular weight is 429 g/mol. The minimum Gasteiger partial charge on any atom is -0.387 e. The van der Waals surface area contributed by atoms with Gasteiger partial charge in [0.05, 0.1) is 27.0 Å². The molecule has 0 bridgehead atoms. The quantitative estimate of drug-likeness (QED) is 0.396. The van der Waals surface area contributed by atoms with E-state index >= 15 is 0 Å². The molecule has 6 rings (SSSR count). The third-order valence-electron chi connectivity index (χ3n) is 5.66. The fraction of sp³-hybridized carbons (Fsp3) is 0.174. The lowest BCUT2D eigenvalue weighted by Crippen LogP contribution is -2.60. The molecule has 5 aromatic rings. The molecule has 0 amide bonds. The first-order valence-corrected chi connectivity index (χ1v) is 11.0. The molecule has 0 unspecified atom stereocenters. The van der Waals surface area contributed by atoms with E-state index < -0.39 is 5.60 Å². The highest BCUT2D eigenvalue weighted by atomic mass is 32.1. The van der Waals surface area contributed by atoms with Gasteiger partial charge in [0.25, 0.3) is 0 Å². The SMILES string of the molecule is OC1(Cc2ccc(Nc3nc(-c4ccc5scnc5c4)cn4ccnc34)cc2)CNC1. The molecular formula is C23H20N6OS. The van der Waals surface area contributed by atoms with Gasteiger partial charge in [-0.2, -0.15) is 0 Å². The number of aromatic nitrogens is 4. The third-order valence-corrected chi connectivity index (χ3v) is 6.47. The Kier molecular flexibility index (Phi) is 4.24. The summed E-state index contributed by atoms with van der Waals surface area (Å²) in [5.41, 5.74) is 6.86. The number of imidazole rings is 1. The van der Waals surface area contributed by atoms with Gasteiger partial charge >= 0.3 is 0 Å². The van der Waals surface area contributed by atoms with Gasteiger partial charge in [-0.05, 0) is 29.8 Å². The van der Waals surface area contributed by atoms with Crippen LogP contribution >= 0.6 is 11.3 Å². The van der Waals surface area contributed by atoms with Gasteiger partial charge in [0, 0.05) is 49.4 Å². The molecule has 0 saturated carbocycles. The molecule has 0 radical (unpaired) electrons. The number of anilines is 2. The Morgan fingerprint density at radius 2 is 2.00 bits per heavy atom. The summed E-state index contributed by atoms with van der Waals surface area (Å²) in [4.78, 5) is 13.8. The zero-order chi connectivity index (χ0) is 20.8. The minimum absolute atomic E-state index is 0.620. The molecule has 1 fully saturated rings. The highest BCUT2D eigenvalue weighted by Gasteiger charge is 2.34. The average Bonchev–Trinajstić information content (AvgIpc) is 3.42. The molecule has 0 spiro atoms. The summed E-state index contributed by atoms with van der Waals surface area (Å²) in [5.74, 6) is 0.690. The second-order valence-electron chi connectivity index (χ2n) is 7.99. The van der Waals surface area contributed by atoms with Crippen molar-refractivity contribution in [3.8, 4) is 11.3 Å². The number of benzene rings is 2. The maximum absolute atomic E-state index is 10.4. The van der Waals surface area contributed by atoms with E-state index in [4.69, 9.17) is 4.98 Å². The van der Waals surface area contributed by atoms with Crippen LogP contribution in [0.2, 0.25) is 0 Å². The highest BCUT2D eigenvalue weighted by molar-refractivity contribution is 7.16. The number of fused-ring (bicyclic) bond motifs is 2. The first-order valence-electron chi connectivity index (χ1n) is 10.1. The molecule has 1 aliphatic heterocycles. The van der Waals surface area contributed by atoms with Gasteiger partial charge in [0.1, 0.15) is 0 Å². The van der Waals surface area contributed by atoms with Crippen molar-refractivity contribution in [3.63, 3.8) is 0 Å². The number of thiazole rings is 1. The maximum Gasteiger partial charge on any atom is 0.180 e. The zero-order valence-electron chi connectivity index (χ0n) is 16.6. The number of hydrogen-bond acceptors (Lipinski definition) is 7. The lowest BCUT2D eigenvalue weighted by Gasteiger charge is -2.37. The summed E-state index contributed by atoms with van der Waals surface area (Å²) >= 11 is 1.63. The predicted molar refractivity (Wildman–Crippen MR) is 123 cm³/mol. The van der Waals surface area contributed by atoms with Gasteiger partial charge in [-0.15, -0.1) is 11.3 Å². The number of aliphatic hydroxyl groups is 1. The minimum atomic E-state index is -0.620. The largest absolute Gasteiger partial charge is 0.387 e. The van der Waals surface area contributed by atoms with Crippen LogP contribution in [0.25, 0.3) is 27.1 Å². The second kappa shape index (κ2) is 7.12. The van der Waals surface area contributed by atoms with Crippen LogP contribution in [-0.4, -0.2) is 43.1 Å². The van der Waals surface area contributed by atoms with Crippen molar-refractivity contribution < 1.29 is 5.11 Å². The Morgan fingerprint density at radius 1 is 1.13 bits per heavy atom. The van der Waals surface area contributed by atoms with E-state index in [1.807, 2.05) is 46.6 Å². The van der Waals surface area contributed by atoms with Crippen LogP contribution in [0.5, 0.6) is 0 Å². The van der Waals surface area contributed by atoms with E-state index in [1.165, 1.54) is 0 Å². The summed E-state index contributed by atoms with van der Waals surface area (Å²) in [7, 11) is 0. The van der Waals surface area contributed by atoms with Crippen LogP contribution in [0, 0.1) is 0 Å². The van der Waals surface area contributed by atoms with Crippen molar-refractivity contribution in [1.82, 2.24) is 24.7 Å². The van der Waals surface area contributed by atoms with Crippen molar-refractivity contribution in [2.45, 2.75) is 12.0 Å². The molecule has 4 heterocycles. The molecule has 0 atom stereocenters. The lowest BCUT2D eigenvalue weighted by atomic mass is 9.89. The van der Waals surface area contributed by atoms with Gasteiger partial charge in [0.2, 0.25) is 0 Å². The number of nitrogens with one attached hydrogen (secondary N) is 2. The Morgan fingerprint density at radius 3 is 2.81 bits per heavy atom. The molecule has 154 valence electrons. The van der Waals surface area contributed by atoms with Crippen molar-refractivity contribution >= 4 is 38.7 Å². The zero-order valence-corrected chi connectivity index (χ0v) is 17.4. The Balaban J connectivity index is 1.32. The maximum atomic E-state index is 10.4. The van der Waals surface area contributed by atoms with Crippen molar-refractivity contribution in [3.05, 3.63) is 72.1 Å². The summed E-state index contributed by atoms with van der Waals surface area (Å²) in [6.45, 7) is 1.29. The molecule has 3 aromatic heterocycles. The van der Waals surface area contributed by atoms with Crippen LogP contribution < -0.4 is 10.6 Å². The van der Waals surface area contributed by atoms with Crippen LogP contribution in [0.15, 0.2) is 66.6 Å². The summed E-state index contributed by atoms with van der Waals surface area (Å²) in [5, 5.41) is 16.9. The van der Waals surface area contributed by atoms with E-state index in [1.54, 1.807) is 17.5 Å². The molecule has 1 aliphatic rings. The molecule has 7 nitrogen and oxygen atoms in total. The van der Waals surface area contributed by atoms with Crippen LogP contribution in [0.1, 0.15) is 5.56 Å². The van der Waals surface area contributed by atoms with Gasteiger partial charge in [0.15, 0.2) is 11.5 Å². The number of β-amino-alcohol motifs (C(OH)–C–C–N with tert-alkyl or cyclic N) is 1. The molecule has 1 saturated heterocycles.